The molecular formula is C18H14ClN3O3S. The number of hydrogen-bond donors (Lipinski definition) is 1. The molecule has 0 radical (unpaired) electrons. The monoisotopic (exact) mass is 387 g/mol. The van der Waals surface area contributed by atoms with Crippen molar-refractivity contribution in [3.63, 3.8) is 0 Å². The summed E-state index contributed by atoms with van der Waals surface area (Å²) in [7, 11) is 0. The molecule has 0 bridgehead atoms. The number of nitrogens with zero attached hydrogens (tertiary/aromatic N) is 2. The summed E-state index contributed by atoms with van der Waals surface area (Å²) in [5.41, 5.74) is 2.26. The first-order chi connectivity index (χ1) is 12.5. The van der Waals surface area contributed by atoms with E-state index in [0.717, 1.165) is 5.56 Å². The molecule has 0 spiro atoms. The zero-order chi connectivity index (χ0) is 18.5. The van der Waals surface area contributed by atoms with Crippen LogP contribution in [0, 0.1) is 10.1 Å². The first-order valence-electron chi connectivity index (χ1n) is 7.76. The quantitative estimate of drug-likeness (QED) is 0.479. The molecule has 0 saturated heterocycles. The fraction of sp³-hybridized carbons (Fsp3) is 0.111. The fourth-order valence-electron chi connectivity index (χ4n) is 2.33. The van der Waals surface area contributed by atoms with Crippen molar-refractivity contribution in [3.05, 3.63) is 74.6 Å². The van der Waals surface area contributed by atoms with Gasteiger partial charge in [0.1, 0.15) is 0 Å². The average molecular weight is 388 g/mol. The maximum atomic E-state index is 12.1. The maximum Gasteiger partial charge on any atom is 0.270 e. The zero-order valence-electron chi connectivity index (χ0n) is 13.5. The zero-order valence-corrected chi connectivity index (χ0v) is 15.1. The number of non-ortho nitro benzene ring substituents is 1. The van der Waals surface area contributed by atoms with E-state index in [1.807, 2.05) is 12.1 Å². The number of anilines is 1. The van der Waals surface area contributed by atoms with E-state index in [4.69, 9.17) is 11.6 Å². The van der Waals surface area contributed by atoms with Gasteiger partial charge in [0.25, 0.3) is 5.69 Å². The van der Waals surface area contributed by atoms with E-state index >= 15 is 0 Å². The van der Waals surface area contributed by atoms with Crippen LogP contribution in [0.5, 0.6) is 0 Å². The van der Waals surface area contributed by atoms with Gasteiger partial charge in [0.05, 0.1) is 10.6 Å². The van der Waals surface area contributed by atoms with Crippen LogP contribution >= 0.6 is 22.9 Å². The smallest absolute Gasteiger partial charge is 0.270 e. The molecule has 0 saturated carbocycles. The van der Waals surface area contributed by atoms with Gasteiger partial charge in [-0.15, -0.1) is 11.3 Å². The highest BCUT2D eigenvalue weighted by Crippen LogP contribution is 2.27. The van der Waals surface area contributed by atoms with Gasteiger partial charge in [-0.05, 0) is 24.1 Å². The molecule has 26 heavy (non-hydrogen) atoms. The van der Waals surface area contributed by atoms with Crippen LogP contribution in [0.4, 0.5) is 10.8 Å². The van der Waals surface area contributed by atoms with Gasteiger partial charge >= 0.3 is 0 Å². The third-order valence-electron chi connectivity index (χ3n) is 3.66. The Hall–Kier alpha value is -2.77. The normalized spacial score (nSPS) is 10.5. The summed E-state index contributed by atoms with van der Waals surface area (Å²) in [6.45, 7) is 0. The topological polar surface area (TPSA) is 85.1 Å². The second-order valence-corrected chi connectivity index (χ2v) is 6.81. The highest BCUT2D eigenvalue weighted by Gasteiger charge is 2.11. The largest absolute Gasteiger partial charge is 0.302 e. The lowest BCUT2D eigenvalue weighted by Crippen LogP contribution is -2.12. The van der Waals surface area contributed by atoms with Crippen LogP contribution in [0.25, 0.3) is 11.3 Å². The molecule has 0 unspecified atom stereocenters. The van der Waals surface area contributed by atoms with E-state index in [2.05, 4.69) is 10.3 Å². The summed E-state index contributed by atoms with van der Waals surface area (Å²) < 4.78 is 0. The second-order valence-electron chi connectivity index (χ2n) is 5.52. The summed E-state index contributed by atoms with van der Waals surface area (Å²) >= 11 is 7.12. The molecule has 0 fully saturated rings. The second kappa shape index (κ2) is 8.07. The van der Waals surface area contributed by atoms with Crippen molar-refractivity contribution in [1.29, 1.82) is 0 Å². The number of nitrogens with one attached hydrogen (secondary N) is 1. The minimum absolute atomic E-state index is 0.00375. The van der Waals surface area contributed by atoms with E-state index < -0.39 is 4.92 Å². The Bertz CT molecular complexity index is 941. The molecule has 1 N–H and O–H groups in total. The molecule has 2 aromatic carbocycles. The Morgan fingerprint density at radius 2 is 2.00 bits per heavy atom. The van der Waals surface area contributed by atoms with Crippen molar-refractivity contribution in [1.82, 2.24) is 4.98 Å². The molecule has 3 rings (SSSR count). The molecule has 1 aromatic heterocycles. The Morgan fingerprint density at radius 3 is 2.73 bits per heavy atom. The third-order valence-corrected chi connectivity index (χ3v) is 4.67. The van der Waals surface area contributed by atoms with Crippen LogP contribution < -0.4 is 5.32 Å². The number of nitro benzene ring substituents is 1. The Kier molecular flexibility index (Phi) is 5.60. The molecule has 0 aliphatic carbocycles. The lowest BCUT2D eigenvalue weighted by molar-refractivity contribution is -0.384. The van der Waals surface area contributed by atoms with Crippen LogP contribution in [0.1, 0.15) is 12.0 Å². The van der Waals surface area contributed by atoms with E-state index in [-0.39, 0.29) is 11.6 Å². The van der Waals surface area contributed by atoms with Crippen LogP contribution in [0.3, 0.4) is 0 Å². The molecule has 1 amide bonds. The van der Waals surface area contributed by atoms with Crippen molar-refractivity contribution in [3.8, 4) is 11.3 Å². The van der Waals surface area contributed by atoms with Gasteiger partial charge in [0.15, 0.2) is 5.13 Å². The summed E-state index contributed by atoms with van der Waals surface area (Å²) in [5, 5.41) is 16.5. The number of benzene rings is 2. The highest BCUT2D eigenvalue weighted by atomic mass is 35.5. The van der Waals surface area contributed by atoms with Crippen molar-refractivity contribution in [2.45, 2.75) is 12.8 Å². The summed E-state index contributed by atoms with van der Waals surface area (Å²) in [6.07, 6.45) is 0.930. The van der Waals surface area contributed by atoms with Gasteiger partial charge in [-0.3, -0.25) is 14.9 Å². The molecular weight excluding hydrogens is 374 g/mol. The molecule has 132 valence electrons. The number of halogens is 1. The number of amides is 1. The molecule has 0 aliphatic rings. The molecule has 3 aromatic rings. The predicted molar refractivity (Wildman–Crippen MR) is 103 cm³/mol. The summed E-state index contributed by atoms with van der Waals surface area (Å²) in [5.74, 6) is -0.139. The van der Waals surface area contributed by atoms with Gasteiger partial charge in [0.2, 0.25) is 5.91 Å². The number of rotatable bonds is 6. The standard InChI is InChI=1S/C18H14ClN3O3S/c19-14-7-4-12(5-8-14)6-9-17(23)21-18-20-16(11-26-18)13-2-1-3-15(10-13)22(24)25/h1-5,7-8,10-11H,6,9H2,(H,20,21,23). The third kappa shape index (κ3) is 4.65. The fourth-order valence-corrected chi connectivity index (χ4v) is 3.20. The van der Waals surface area contributed by atoms with Gasteiger partial charge in [-0.1, -0.05) is 35.9 Å². The first kappa shape index (κ1) is 18.0. The van der Waals surface area contributed by atoms with E-state index in [0.29, 0.717) is 34.3 Å². The Labute approximate surface area is 158 Å². The van der Waals surface area contributed by atoms with Gasteiger partial charge in [0, 0.05) is 34.5 Å². The summed E-state index contributed by atoms with van der Waals surface area (Å²) in [4.78, 5) is 26.8. The van der Waals surface area contributed by atoms with E-state index in [9.17, 15) is 14.9 Å². The Morgan fingerprint density at radius 1 is 1.23 bits per heavy atom. The molecule has 8 heteroatoms. The van der Waals surface area contributed by atoms with Crippen molar-refractivity contribution >= 4 is 39.7 Å². The number of hydrogen-bond acceptors (Lipinski definition) is 5. The van der Waals surface area contributed by atoms with Crippen LogP contribution in [0.2, 0.25) is 5.02 Å². The first-order valence-corrected chi connectivity index (χ1v) is 9.02. The van der Waals surface area contributed by atoms with Gasteiger partial charge < -0.3 is 5.32 Å². The van der Waals surface area contributed by atoms with Gasteiger partial charge in [-0.25, -0.2) is 4.98 Å². The molecule has 1 heterocycles. The summed E-state index contributed by atoms with van der Waals surface area (Å²) in [6, 6.07) is 13.6. The van der Waals surface area contributed by atoms with E-state index in [1.165, 1.54) is 23.5 Å². The number of aromatic nitrogens is 1. The number of nitro groups is 1. The number of thiazole rings is 1. The Balaban J connectivity index is 1.61. The average Bonchev–Trinajstić information content (AvgIpc) is 3.10. The minimum Gasteiger partial charge on any atom is -0.302 e. The molecule has 6 nitrogen and oxygen atoms in total. The number of carbonyl (C=O) groups excluding carboxylic acids is 1. The lowest BCUT2D eigenvalue weighted by atomic mass is 10.1. The van der Waals surface area contributed by atoms with Gasteiger partial charge in [-0.2, -0.15) is 0 Å². The minimum atomic E-state index is -0.449. The highest BCUT2D eigenvalue weighted by molar-refractivity contribution is 7.14. The van der Waals surface area contributed by atoms with E-state index in [1.54, 1.807) is 29.6 Å². The van der Waals surface area contributed by atoms with Crippen LogP contribution in [-0.2, 0) is 11.2 Å². The number of aryl methyl sites for hydroxylation is 1. The van der Waals surface area contributed by atoms with Crippen LogP contribution in [0.15, 0.2) is 53.9 Å². The van der Waals surface area contributed by atoms with Crippen molar-refractivity contribution < 1.29 is 9.72 Å². The van der Waals surface area contributed by atoms with Crippen molar-refractivity contribution in [2.75, 3.05) is 5.32 Å². The predicted octanol–water partition coefficient (Wildman–Crippen LogP) is 4.94. The molecule has 0 atom stereocenters. The number of carbonyl (C=O) groups is 1. The molecule has 0 aliphatic heterocycles. The lowest BCUT2D eigenvalue weighted by Gasteiger charge is -2.02. The SMILES string of the molecule is O=C(CCc1ccc(Cl)cc1)Nc1nc(-c2cccc([N+](=O)[O-])c2)cs1. The van der Waals surface area contributed by atoms with Crippen LogP contribution in [-0.4, -0.2) is 15.8 Å². The maximum absolute atomic E-state index is 12.1. The van der Waals surface area contributed by atoms with Crippen molar-refractivity contribution in [2.24, 2.45) is 0 Å².